The zero-order chi connectivity index (χ0) is 16.7. The summed E-state index contributed by atoms with van der Waals surface area (Å²) in [4.78, 5) is 11.6. The lowest BCUT2D eigenvalue weighted by molar-refractivity contribution is -0.123. The van der Waals surface area contributed by atoms with Crippen molar-refractivity contribution in [1.29, 1.82) is 5.26 Å². The summed E-state index contributed by atoms with van der Waals surface area (Å²) in [5, 5.41) is 12.4. The summed E-state index contributed by atoms with van der Waals surface area (Å²) >= 11 is 0. The molecule has 0 aromatic heterocycles. The first kappa shape index (κ1) is 16.1. The summed E-state index contributed by atoms with van der Waals surface area (Å²) in [5.41, 5.74) is 2.48. The largest absolute Gasteiger partial charge is 0.482 e. The minimum absolute atomic E-state index is 0.0300. The summed E-state index contributed by atoms with van der Waals surface area (Å²) in [6.45, 7) is -0.359. The van der Waals surface area contributed by atoms with Gasteiger partial charge in [0.25, 0.3) is 5.91 Å². The van der Waals surface area contributed by atoms with Gasteiger partial charge in [-0.3, -0.25) is 4.79 Å². The number of para-hydroxylation sites is 1. The van der Waals surface area contributed by atoms with E-state index >= 15 is 0 Å². The van der Waals surface area contributed by atoms with E-state index in [9.17, 15) is 13.6 Å². The molecule has 0 aliphatic carbocycles. The fourth-order valence-corrected chi connectivity index (χ4v) is 1.64. The number of rotatable bonds is 5. The Morgan fingerprint density at radius 1 is 1.30 bits per heavy atom. The molecule has 1 amide bonds. The van der Waals surface area contributed by atoms with Gasteiger partial charge in [0.05, 0.1) is 11.8 Å². The number of hydrazone groups is 1. The number of amides is 1. The van der Waals surface area contributed by atoms with E-state index in [1.165, 1.54) is 6.07 Å². The van der Waals surface area contributed by atoms with Gasteiger partial charge in [0.15, 0.2) is 6.61 Å². The summed E-state index contributed by atoms with van der Waals surface area (Å²) in [6.07, 6.45) is 1.05. The van der Waals surface area contributed by atoms with E-state index < -0.39 is 17.5 Å². The van der Waals surface area contributed by atoms with E-state index in [1.54, 1.807) is 24.3 Å². The van der Waals surface area contributed by atoms with Gasteiger partial charge in [-0.25, -0.2) is 14.2 Å². The number of hydrogen-bond donors (Lipinski definition) is 1. The minimum Gasteiger partial charge on any atom is -0.482 e. The lowest BCUT2D eigenvalue weighted by Gasteiger charge is -2.06. The highest BCUT2D eigenvalue weighted by molar-refractivity contribution is 5.83. The van der Waals surface area contributed by atoms with Crippen LogP contribution in [-0.4, -0.2) is 18.7 Å². The van der Waals surface area contributed by atoms with Crippen molar-refractivity contribution in [3.05, 3.63) is 65.2 Å². The Balaban J connectivity index is 1.88. The van der Waals surface area contributed by atoms with E-state index in [4.69, 9.17) is 10.00 Å². The van der Waals surface area contributed by atoms with Crippen LogP contribution < -0.4 is 10.2 Å². The first-order valence-electron chi connectivity index (χ1n) is 6.49. The Hall–Kier alpha value is -3.27. The van der Waals surface area contributed by atoms with Crippen molar-refractivity contribution in [2.24, 2.45) is 5.10 Å². The van der Waals surface area contributed by atoms with Crippen LogP contribution in [0.15, 0.2) is 47.6 Å². The standard InChI is InChI=1S/C16H11F2N3O2/c17-13-6-5-12(14(18)7-13)9-20-21-16(22)10-23-15-4-2-1-3-11(15)8-19/h1-7,9H,10H2,(H,21,22)/b20-9-. The molecule has 0 aliphatic rings. The minimum atomic E-state index is -0.790. The number of hydrogen-bond acceptors (Lipinski definition) is 4. The molecule has 0 aliphatic heterocycles. The van der Waals surface area contributed by atoms with Crippen LogP contribution in [0.25, 0.3) is 0 Å². The fraction of sp³-hybridized carbons (Fsp3) is 0.0625. The number of nitriles is 1. The highest BCUT2D eigenvalue weighted by Gasteiger charge is 2.06. The summed E-state index contributed by atoms with van der Waals surface area (Å²) in [5.74, 6) is -1.80. The third-order valence-corrected chi connectivity index (χ3v) is 2.72. The van der Waals surface area contributed by atoms with Crippen LogP contribution in [0.4, 0.5) is 8.78 Å². The molecule has 0 bridgehead atoms. The molecular formula is C16H11F2N3O2. The van der Waals surface area contributed by atoms with Crippen molar-refractivity contribution >= 4 is 12.1 Å². The van der Waals surface area contributed by atoms with Gasteiger partial charge >= 0.3 is 0 Å². The summed E-state index contributed by atoms with van der Waals surface area (Å²) < 4.78 is 31.3. The zero-order valence-corrected chi connectivity index (χ0v) is 11.8. The fourth-order valence-electron chi connectivity index (χ4n) is 1.64. The predicted octanol–water partition coefficient (Wildman–Crippen LogP) is 2.37. The van der Waals surface area contributed by atoms with Crippen molar-refractivity contribution in [3.8, 4) is 11.8 Å². The Bertz CT molecular complexity index is 785. The lowest BCUT2D eigenvalue weighted by atomic mass is 10.2. The molecule has 2 rings (SSSR count). The van der Waals surface area contributed by atoms with Gasteiger partial charge in [0.2, 0.25) is 0 Å². The second-order valence-electron chi connectivity index (χ2n) is 4.36. The van der Waals surface area contributed by atoms with E-state index in [2.05, 4.69) is 10.5 Å². The predicted molar refractivity (Wildman–Crippen MR) is 78.7 cm³/mol. The van der Waals surface area contributed by atoms with Crippen LogP contribution in [0, 0.1) is 23.0 Å². The van der Waals surface area contributed by atoms with E-state index in [1.807, 2.05) is 6.07 Å². The van der Waals surface area contributed by atoms with Crippen molar-refractivity contribution in [1.82, 2.24) is 5.43 Å². The van der Waals surface area contributed by atoms with Gasteiger partial charge < -0.3 is 4.74 Å². The molecule has 0 spiro atoms. The topological polar surface area (TPSA) is 74.5 Å². The van der Waals surface area contributed by atoms with Crippen molar-refractivity contribution < 1.29 is 18.3 Å². The number of nitrogens with zero attached hydrogens (tertiary/aromatic N) is 2. The molecule has 0 saturated heterocycles. The number of ether oxygens (including phenoxy) is 1. The maximum absolute atomic E-state index is 13.3. The highest BCUT2D eigenvalue weighted by atomic mass is 19.1. The second-order valence-corrected chi connectivity index (χ2v) is 4.36. The van der Waals surface area contributed by atoms with Gasteiger partial charge in [0.1, 0.15) is 23.5 Å². The summed E-state index contributed by atoms with van der Waals surface area (Å²) in [6, 6.07) is 11.4. The van der Waals surface area contributed by atoms with Crippen LogP contribution in [0.2, 0.25) is 0 Å². The van der Waals surface area contributed by atoms with Gasteiger partial charge in [0, 0.05) is 11.6 Å². The van der Waals surface area contributed by atoms with E-state index in [-0.39, 0.29) is 17.9 Å². The molecule has 0 saturated carbocycles. The smallest absolute Gasteiger partial charge is 0.277 e. The van der Waals surface area contributed by atoms with E-state index in [0.29, 0.717) is 11.6 Å². The monoisotopic (exact) mass is 315 g/mol. The molecular weight excluding hydrogens is 304 g/mol. The quantitative estimate of drug-likeness (QED) is 0.680. The van der Waals surface area contributed by atoms with Crippen LogP contribution in [0.1, 0.15) is 11.1 Å². The second kappa shape index (κ2) is 7.66. The number of benzene rings is 2. The number of carbonyl (C=O) groups is 1. The third kappa shape index (κ3) is 4.61. The Labute approximate surface area is 130 Å². The molecule has 2 aromatic carbocycles. The van der Waals surface area contributed by atoms with E-state index in [0.717, 1.165) is 12.3 Å². The van der Waals surface area contributed by atoms with Gasteiger partial charge in [-0.1, -0.05) is 12.1 Å². The normalized spacial score (nSPS) is 10.3. The molecule has 2 aromatic rings. The zero-order valence-electron chi connectivity index (χ0n) is 11.8. The van der Waals surface area contributed by atoms with Gasteiger partial charge in [-0.15, -0.1) is 0 Å². The molecule has 0 radical (unpaired) electrons. The maximum atomic E-state index is 13.3. The number of nitrogens with one attached hydrogen (secondary N) is 1. The highest BCUT2D eigenvalue weighted by Crippen LogP contribution is 2.16. The molecule has 116 valence electrons. The summed E-state index contributed by atoms with van der Waals surface area (Å²) in [7, 11) is 0. The molecule has 0 unspecified atom stereocenters. The van der Waals surface area contributed by atoms with Crippen molar-refractivity contribution in [2.75, 3.05) is 6.61 Å². The molecule has 0 atom stereocenters. The average molecular weight is 315 g/mol. The van der Waals surface area contributed by atoms with Crippen LogP contribution in [0.5, 0.6) is 5.75 Å². The van der Waals surface area contributed by atoms with Crippen LogP contribution in [-0.2, 0) is 4.79 Å². The lowest BCUT2D eigenvalue weighted by Crippen LogP contribution is -2.24. The van der Waals surface area contributed by atoms with Crippen LogP contribution >= 0.6 is 0 Å². The number of carbonyl (C=O) groups excluding carboxylic acids is 1. The SMILES string of the molecule is N#Cc1ccccc1OCC(=O)N/N=C\c1ccc(F)cc1F. The molecule has 5 nitrogen and oxygen atoms in total. The Kier molecular flexibility index (Phi) is 5.36. The number of halogens is 2. The molecule has 1 N–H and O–H groups in total. The molecule has 7 heteroatoms. The Morgan fingerprint density at radius 3 is 2.83 bits per heavy atom. The first-order chi connectivity index (χ1) is 11.1. The van der Waals surface area contributed by atoms with Crippen LogP contribution in [0.3, 0.4) is 0 Å². The molecule has 0 fully saturated rings. The van der Waals surface area contributed by atoms with Gasteiger partial charge in [-0.2, -0.15) is 10.4 Å². The average Bonchev–Trinajstić information content (AvgIpc) is 2.55. The maximum Gasteiger partial charge on any atom is 0.277 e. The Morgan fingerprint density at radius 2 is 2.09 bits per heavy atom. The van der Waals surface area contributed by atoms with Gasteiger partial charge in [-0.05, 0) is 24.3 Å². The molecule has 0 heterocycles. The first-order valence-corrected chi connectivity index (χ1v) is 6.49. The molecule has 23 heavy (non-hydrogen) atoms. The van der Waals surface area contributed by atoms with Crippen molar-refractivity contribution in [3.63, 3.8) is 0 Å². The third-order valence-electron chi connectivity index (χ3n) is 2.72. The van der Waals surface area contributed by atoms with Crippen molar-refractivity contribution in [2.45, 2.75) is 0 Å².